The van der Waals surface area contributed by atoms with Crippen molar-refractivity contribution in [1.82, 2.24) is 9.88 Å². The number of likely N-dealkylation sites (tertiary alicyclic amines) is 1. The summed E-state index contributed by atoms with van der Waals surface area (Å²) in [6, 6.07) is 8.98. The lowest BCUT2D eigenvalue weighted by molar-refractivity contribution is 0.267. The van der Waals surface area contributed by atoms with Crippen LogP contribution in [0.3, 0.4) is 0 Å². The maximum Gasteiger partial charge on any atom is 0.101 e. The zero-order valence-electron chi connectivity index (χ0n) is 13.0. The fourth-order valence-corrected chi connectivity index (χ4v) is 4.45. The summed E-state index contributed by atoms with van der Waals surface area (Å²) < 4.78 is 0. The van der Waals surface area contributed by atoms with E-state index in [2.05, 4.69) is 34.2 Å². The van der Waals surface area contributed by atoms with Crippen molar-refractivity contribution < 1.29 is 0 Å². The Bertz CT molecular complexity index is 703. The van der Waals surface area contributed by atoms with E-state index in [-0.39, 0.29) is 0 Å². The summed E-state index contributed by atoms with van der Waals surface area (Å²) in [5.74, 6) is 1.46. The highest BCUT2D eigenvalue weighted by Crippen LogP contribution is 2.41. The summed E-state index contributed by atoms with van der Waals surface area (Å²) in [4.78, 5) is 5.85. The summed E-state index contributed by atoms with van der Waals surface area (Å²) in [7, 11) is 0. The monoisotopic (exact) mass is 293 g/mol. The van der Waals surface area contributed by atoms with Gasteiger partial charge in [-0.2, -0.15) is 5.26 Å². The number of rotatable bonds is 3. The van der Waals surface area contributed by atoms with Crippen LogP contribution < -0.4 is 0 Å². The first-order chi connectivity index (χ1) is 10.8. The van der Waals surface area contributed by atoms with Crippen molar-refractivity contribution in [2.75, 3.05) is 19.6 Å². The molecular formula is C19H23N3. The molecule has 22 heavy (non-hydrogen) atoms. The van der Waals surface area contributed by atoms with Gasteiger partial charge in [-0.05, 0) is 68.3 Å². The number of nitriles is 1. The molecule has 3 nitrogen and oxygen atoms in total. The summed E-state index contributed by atoms with van der Waals surface area (Å²) in [6.45, 7) is 3.85. The molecule has 2 fully saturated rings. The normalized spacial score (nSPS) is 25.8. The third-order valence-corrected chi connectivity index (χ3v) is 5.60. The number of nitrogens with one attached hydrogen (secondary N) is 1. The van der Waals surface area contributed by atoms with Crippen LogP contribution in [0.5, 0.6) is 0 Å². The molecular weight excluding hydrogens is 270 g/mol. The summed E-state index contributed by atoms with van der Waals surface area (Å²) in [5.41, 5.74) is 3.28. The summed E-state index contributed by atoms with van der Waals surface area (Å²) in [5, 5.41) is 10.3. The van der Waals surface area contributed by atoms with Crippen molar-refractivity contribution >= 4 is 10.9 Å². The van der Waals surface area contributed by atoms with Gasteiger partial charge in [-0.3, -0.25) is 0 Å². The van der Waals surface area contributed by atoms with Crippen LogP contribution in [0.2, 0.25) is 0 Å². The quantitative estimate of drug-likeness (QED) is 0.928. The molecule has 1 saturated carbocycles. The molecule has 1 aliphatic heterocycles. The molecule has 2 aliphatic rings. The first-order valence-electron chi connectivity index (χ1n) is 8.58. The van der Waals surface area contributed by atoms with Gasteiger partial charge in [0.25, 0.3) is 0 Å². The fourth-order valence-electron chi connectivity index (χ4n) is 4.45. The van der Waals surface area contributed by atoms with Crippen LogP contribution in [0.25, 0.3) is 10.9 Å². The lowest BCUT2D eigenvalue weighted by Crippen LogP contribution is -2.27. The van der Waals surface area contributed by atoms with Crippen LogP contribution in [-0.2, 0) is 0 Å². The van der Waals surface area contributed by atoms with Gasteiger partial charge in [0.05, 0.1) is 5.56 Å². The number of nitrogens with zero attached hydrogens (tertiary/aromatic N) is 2. The van der Waals surface area contributed by atoms with Crippen molar-refractivity contribution in [3.63, 3.8) is 0 Å². The lowest BCUT2D eigenvalue weighted by atomic mass is 9.87. The number of aromatic amines is 1. The predicted octanol–water partition coefficient (Wildman–Crippen LogP) is 4.02. The van der Waals surface area contributed by atoms with E-state index in [0.717, 1.165) is 22.4 Å². The Balaban J connectivity index is 1.60. The number of H-pyrrole nitrogens is 1. The molecule has 0 spiro atoms. The van der Waals surface area contributed by atoms with E-state index in [4.69, 9.17) is 0 Å². The topological polar surface area (TPSA) is 42.8 Å². The van der Waals surface area contributed by atoms with Crippen molar-refractivity contribution in [1.29, 1.82) is 5.26 Å². The number of benzene rings is 1. The molecule has 4 rings (SSSR count). The van der Waals surface area contributed by atoms with Gasteiger partial charge in [0.15, 0.2) is 0 Å². The molecule has 0 amide bonds. The van der Waals surface area contributed by atoms with Gasteiger partial charge in [0, 0.05) is 23.6 Å². The van der Waals surface area contributed by atoms with Gasteiger partial charge in [0.1, 0.15) is 6.07 Å². The molecule has 1 aliphatic carbocycles. The van der Waals surface area contributed by atoms with E-state index in [1.54, 1.807) is 0 Å². The van der Waals surface area contributed by atoms with Crippen LogP contribution in [0.1, 0.15) is 49.1 Å². The molecule has 1 saturated heterocycles. The number of aromatic nitrogens is 1. The molecule has 0 unspecified atom stereocenters. The SMILES string of the molecule is N#Cc1c[nH]c2ccc([C@H]3CCC[C@@H]3CN3CCCC3)cc12. The first-order valence-corrected chi connectivity index (χ1v) is 8.58. The van der Waals surface area contributed by atoms with Crippen molar-refractivity contribution in [3.8, 4) is 6.07 Å². The molecule has 114 valence electrons. The Morgan fingerprint density at radius 2 is 2.05 bits per heavy atom. The summed E-state index contributed by atoms with van der Waals surface area (Å²) >= 11 is 0. The van der Waals surface area contributed by atoms with E-state index < -0.39 is 0 Å². The Morgan fingerprint density at radius 1 is 1.18 bits per heavy atom. The Hall–Kier alpha value is -1.79. The number of hydrogen-bond acceptors (Lipinski definition) is 2. The Kier molecular flexibility index (Phi) is 3.63. The highest BCUT2D eigenvalue weighted by molar-refractivity contribution is 5.86. The van der Waals surface area contributed by atoms with Crippen LogP contribution in [0.4, 0.5) is 0 Å². The van der Waals surface area contributed by atoms with E-state index in [9.17, 15) is 5.26 Å². The molecule has 3 heteroatoms. The van der Waals surface area contributed by atoms with Crippen LogP contribution in [0, 0.1) is 17.2 Å². The lowest BCUT2D eigenvalue weighted by Gasteiger charge is -2.25. The zero-order chi connectivity index (χ0) is 14.9. The first kappa shape index (κ1) is 13.8. The van der Waals surface area contributed by atoms with E-state index >= 15 is 0 Å². The van der Waals surface area contributed by atoms with Gasteiger partial charge in [0.2, 0.25) is 0 Å². The van der Waals surface area contributed by atoms with Gasteiger partial charge in [-0.15, -0.1) is 0 Å². The smallest absolute Gasteiger partial charge is 0.101 e. The number of fused-ring (bicyclic) bond motifs is 1. The van der Waals surface area contributed by atoms with E-state index in [1.165, 1.54) is 57.3 Å². The standard InChI is InChI=1S/C19H23N3/c20-11-16-12-21-19-7-6-14(10-18(16)19)17-5-3-4-15(17)13-22-8-1-2-9-22/h6-7,10,12,15,17,21H,1-5,8-9,13H2/t15-,17-/m1/s1. The van der Waals surface area contributed by atoms with Crippen LogP contribution in [-0.4, -0.2) is 29.5 Å². The molecule has 2 atom stereocenters. The minimum Gasteiger partial charge on any atom is -0.360 e. The minimum atomic E-state index is 0.673. The average Bonchev–Trinajstić information content (AvgIpc) is 3.27. The molecule has 0 radical (unpaired) electrons. The number of hydrogen-bond donors (Lipinski definition) is 1. The van der Waals surface area contributed by atoms with Crippen LogP contribution >= 0.6 is 0 Å². The maximum absolute atomic E-state index is 9.25. The average molecular weight is 293 g/mol. The van der Waals surface area contributed by atoms with Gasteiger partial charge >= 0.3 is 0 Å². The van der Waals surface area contributed by atoms with Gasteiger partial charge < -0.3 is 9.88 Å². The largest absolute Gasteiger partial charge is 0.360 e. The molecule has 1 aromatic heterocycles. The fraction of sp³-hybridized carbons (Fsp3) is 0.526. The van der Waals surface area contributed by atoms with E-state index in [0.29, 0.717) is 5.92 Å². The minimum absolute atomic E-state index is 0.673. The molecule has 0 bridgehead atoms. The van der Waals surface area contributed by atoms with Crippen LogP contribution in [0.15, 0.2) is 24.4 Å². The highest BCUT2D eigenvalue weighted by Gasteiger charge is 2.30. The Morgan fingerprint density at radius 3 is 2.86 bits per heavy atom. The molecule has 2 heterocycles. The third kappa shape index (κ3) is 2.42. The van der Waals surface area contributed by atoms with Gasteiger partial charge in [-0.1, -0.05) is 12.5 Å². The van der Waals surface area contributed by atoms with Gasteiger partial charge in [-0.25, -0.2) is 0 Å². The summed E-state index contributed by atoms with van der Waals surface area (Å²) in [6.07, 6.45) is 8.58. The second-order valence-electron chi connectivity index (χ2n) is 6.92. The molecule has 2 aromatic rings. The Labute approximate surface area is 131 Å². The molecule has 1 N–H and O–H groups in total. The second-order valence-corrected chi connectivity index (χ2v) is 6.92. The highest BCUT2D eigenvalue weighted by atomic mass is 15.1. The molecule has 1 aromatic carbocycles. The van der Waals surface area contributed by atoms with Crippen molar-refractivity contribution in [2.24, 2.45) is 5.92 Å². The zero-order valence-corrected chi connectivity index (χ0v) is 13.0. The van der Waals surface area contributed by atoms with E-state index in [1.807, 2.05) is 6.20 Å². The second kappa shape index (κ2) is 5.78. The third-order valence-electron chi connectivity index (χ3n) is 5.60. The maximum atomic E-state index is 9.25. The van der Waals surface area contributed by atoms with Crippen molar-refractivity contribution in [3.05, 3.63) is 35.5 Å². The predicted molar refractivity (Wildman–Crippen MR) is 88.8 cm³/mol. The van der Waals surface area contributed by atoms with Crippen molar-refractivity contribution in [2.45, 2.75) is 38.0 Å².